The molecular weight excluding hydrogens is 346 g/mol. The Morgan fingerprint density at radius 2 is 1.69 bits per heavy atom. The van der Waals surface area contributed by atoms with Crippen LogP contribution in [0.4, 0.5) is 0 Å². The summed E-state index contributed by atoms with van der Waals surface area (Å²) in [5.41, 5.74) is 1.52. The highest BCUT2D eigenvalue weighted by Crippen LogP contribution is 2.31. The normalized spacial score (nSPS) is 21.7. The summed E-state index contributed by atoms with van der Waals surface area (Å²) in [6.07, 6.45) is 3.87. The molecule has 1 atom stereocenters. The Labute approximate surface area is 156 Å². The fourth-order valence-corrected chi connectivity index (χ4v) is 4.31. The van der Waals surface area contributed by atoms with E-state index in [-0.39, 0.29) is 6.10 Å². The molecule has 1 heterocycles. The highest BCUT2D eigenvalue weighted by molar-refractivity contribution is 7.89. The number of benzene rings is 2. The predicted octanol–water partition coefficient (Wildman–Crippen LogP) is 4.44. The van der Waals surface area contributed by atoms with Gasteiger partial charge in [-0.1, -0.05) is 48.0 Å². The van der Waals surface area contributed by atoms with Gasteiger partial charge >= 0.3 is 0 Å². The standard InChI is InChI=1S/C21H25NO3S/c1-17-9-11-19(12-10-17)26(23,24)22-15-13-20(18-7-5-4-6-8-18)25-21(2,3)14-16-22/h4-12,14,16,20H,13,15H2,1-3H3/b16-14-. The van der Waals surface area contributed by atoms with E-state index in [1.54, 1.807) is 18.3 Å². The van der Waals surface area contributed by atoms with Crippen molar-refractivity contribution >= 4 is 10.0 Å². The third-order valence-corrected chi connectivity index (χ3v) is 6.29. The van der Waals surface area contributed by atoms with Crippen LogP contribution in [-0.4, -0.2) is 24.9 Å². The molecule has 5 heteroatoms. The second kappa shape index (κ2) is 7.25. The van der Waals surface area contributed by atoms with Crippen LogP contribution in [-0.2, 0) is 14.8 Å². The monoisotopic (exact) mass is 371 g/mol. The lowest BCUT2D eigenvalue weighted by Gasteiger charge is -2.33. The molecule has 0 aromatic heterocycles. The van der Waals surface area contributed by atoms with Crippen LogP contribution in [0.15, 0.2) is 71.8 Å². The fourth-order valence-electron chi connectivity index (χ4n) is 2.99. The van der Waals surface area contributed by atoms with E-state index in [0.717, 1.165) is 11.1 Å². The van der Waals surface area contributed by atoms with Gasteiger partial charge in [0.2, 0.25) is 0 Å². The molecule has 1 aliphatic heterocycles. The van der Waals surface area contributed by atoms with Crippen molar-refractivity contribution in [3.05, 3.63) is 78.0 Å². The third-order valence-electron chi connectivity index (χ3n) is 4.50. The van der Waals surface area contributed by atoms with E-state index in [9.17, 15) is 8.42 Å². The van der Waals surface area contributed by atoms with Gasteiger partial charge in [-0.15, -0.1) is 0 Å². The Kier molecular flexibility index (Phi) is 5.21. The molecule has 2 aromatic carbocycles. The zero-order valence-corrected chi connectivity index (χ0v) is 16.2. The second-order valence-corrected chi connectivity index (χ2v) is 9.04. The zero-order chi connectivity index (χ0) is 18.8. The predicted molar refractivity (Wildman–Crippen MR) is 103 cm³/mol. The van der Waals surface area contributed by atoms with Gasteiger partial charge in [0.15, 0.2) is 0 Å². The van der Waals surface area contributed by atoms with Crippen LogP contribution in [0.2, 0.25) is 0 Å². The Balaban J connectivity index is 1.91. The molecule has 1 unspecified atom stereocenters. The van der Waals surface area contributed by atoms with Crippen molar-refractivity contribution in [3.63, 3.8) is 0 Å². The molecule has 0 saturated heterocycles. The maximum atomic E-state index is 13.1. The minimum absolute atomic E-state index is 0.160. The summed E-state index contributed by atoms with van der Waals surface area (Å²) in [6, 6.07) is 16.9. The summed E-state index contributed by atoms with van der Waals surface area (Å²) >= 11 is 0. The lowest BCUT2D eigenvalue weighted by Crippen LogP contribution is -2.34. The number of hydrogen-bond acceptors (Lipinski definition) is 3. The summed E-state index contributed by atoms with van der Waals surface area (Å²) in [6.45, 7) is 6.20. The van der Waals surface area contributed by atoms with E-state index < -0.39 is 15.6 Å². The van der Waals surface area contributed by atoms with E-state index in [1.165, 1.54) is 4.31 Å². The molecule has 1 aliphatic rings. The summed E-state index contributed by atoms with van der Waals surface area (Å²) in [5.74, 6) is 0. The summed E-state index contributed by atoms with van der Waals surface area (Å²) in [4.78, 5) is 0.309. The van der Waals surface area contributed by atoms with Gasteiger partial charge in [0.05, 0.1) is 16.6 Å². The second-order valence-electron chi connectivity index (χ2n) is 7.15. The van der Waals surface area contributed by atoms with Crippen molar-refractivity contribution < 1.29 is 13.2 Å². The number of rotatable bonds is 3. The number of ether oxygens (including phenoxy) is 1. The Hall–Kier alpha value is -2.11. The third kappa shape index (κ3) is 4.17. The van der Waals surface area contributed by atoms with Crippen molar-refractivity contribution in [3.8, 4) is 0 Å². The fraction of sp³-hybridized carbons (Fsp3) is 0.333. The van der Waals surface area contributed by atoms with E-state index >= 15 is 0 Å². The number of nitrogens with zero attached hydrogens (tertiary/aromatic N) is 1. The largest absolute Gasteiger partial charge is 0.363 e. The summed E-state index contributed by atoms with van der Waals surface area (Å²) < 4.78 is 33.8. The number of aryl methyl sites for hydroxylation is 1. The lowest BCUT2D eigenvalue weighted by atomic mass is 10.0. The first-order valence-electron chi connectivity index (χ1n) is 8.79. The molecule has 0 radical (unpaired) electrons. The van der Waals surface area contributed by atoms with Crippen LogP contribution in [0, 0.1) is 6.92 Å². The lowest BCUT2D eigenvalue weighted by molar-refractivity contribution is -0.0510. The number of sulfonamides is 1. The molecule has 0 bridgehead atoms. The molecule has 4 nitrogen and oxygen atoms in total. The van der Waals surface area contributed by atoms with Gasteiger partial charge < -0.3 is 4.74 Å². The molecule has 3 rings (SSSR count). The van der Waals surface area contributed by atoms with Crippen molar-refractivity contribution in [2.24, 2.45) is 0 Å². The van der Waals surface area contributed by atoms with Crippen LogP contribution in [0.25, 0.3) is 0 Å². The van der Waals surface area contributed by atoms with E-state index in [2.05, 4.69) is 0 Å². The molecule has 0 amide bonds. The Morgan fingerprint density at radius 3 is 2.35 bits per heavy atom. The van der Waals surface area contributed by atoms with E-state index in [0.29, 0.717) is 17.9 Å². The van der Waals surface area contributed by atoms with Crippen molar-refractivity contribution in [1.82, 2.24) is 4.31 Å². The molecule has 0 spiro atoms. The average Bonchev–Trinajstić information content (AvgIpc) is 2.59. The zero-order valence-electron chi connectivity index (χ0n) is 15.4. The SMILES string of the molecule is Cc1ccc(S(=O)(=O)N2/C=C\C(C)(C)OC(c3ccccc3)CC2)cc1. The Bertz CT molecular complexity index is 871. The van der Waals surface area contributed by atoms with Gasteiger partial charge in [0.25, 0.3) is 10.0 Å². The smallest absolute Gasteiger partial charge is 0.263 e. The van der Waals surface area contributed by atoms with Gasteiger partial charge in [0, 0.05) is 12.7 Å². The Morgan fingerprint density at radius 1 is 1.04 bits per heavy atom. The molecular formula is C21H25NO3S. The van der Waals surface area contributed by atoms with Gasteiger partial charge in [-0.05, 0) is 51.0 Å². The van der Waals surface area contributed by atoms with Gasteiger partial charge in [-0.25, -0.2) is 8.42 Å². The van der Waals surface area contributed by atoms with Crippen molar-refractivity contribution in [2.45, 2.75) is 43.8 Å². The highest BCUT2D eigenvalue weighted by atomic mass is 32.2. The van der Waals surface area contributed by atoms with E-state index in [1.807, 2.05) is 69.3 Å². The van der Waals surface area contributed by atoms with Crippen LogP contribution >= 0.6 is 0 Å². The molecule has 26 heavy (non-hydrogen) atoms. The minimum atomic E-state index is -3.58. The van der Waals surface area contributed by atoms with E-state index in [4.69, 9.17) is 4.74 Å². The van der Waals surface area contributed by atoms with Gasteiger partial charge in [0.1, 0.15) is 0 Å². The summed E-state index contributed by atoms with van der Waals surface area (Å²) in [5, 5.41) is 0. The molecule has 0 saturated carbocycles. The molecule has 2 aromatic rings. The van der Waals surface area contributed by atoms with Crippen LogP contribution in [0.5, 0.6) is 0 Å². The molecule has 138 valence electrons. The van der Waals surface area contributed by atoms with Gasteiger partial charge in [-0.3, -0.25) is 4.31 Å². The van der Waals surface area contributed by atoms with Crippen LogP contribution < -0.4 is 0 Å². The first-order chi connectivity index (χ1) is 12.3. The van der Waals surface area contributed by atoms with Crippen LogP contribution in [0.1, 0.15) is 37.5 Å². The van der Waals surface area contributed by atoms with Crippen LogP contribution in [0.3, 0.4) is 0 Å². The average molecular weight is 372 g/mol. The highest BCUT2D eigenvalue weighted by Gasteiger charge is 2.29. The molecule has 0 aliphatic carbocycles. The minimum Gasteiger partial charge on any atom is -0.363 e. The first-order valence-corrected chi connectivity index (χ1v) is 10.2. The quantitative estimate of drug-likeness (QED) is 0.801. The maximum absolute atomic E-state index is 13.1. The van der Waals surface area contributed by atoms with Crippen molar-refractivity contribution in [2.75, 3.05) is 6.54 Å². The molecule has 0 fully saturated rings. The number of hydrogen-bond donors (Lipinski definition) is 0. The first kappa shape index (κ1) is 18.7. The maximum Gasteiger partial charge on any atom is 0.263 e. The van der Waals surface area contributed by atoms with Gasteiger partial charge in [-0.2, -0.15) is 0 Å². The topological polar surface area (TPSA) is 46.6 Å². The molecule has 0 N–H and O–H groups in total. The van der Waals surface area contributed by atoms with Crippen molar-refractivity contribution in [1.29, 1.82) is 0 Å². The summed E-state index contributed by atoms with van der Waals surface area (Å²) in [7, 11) is -3.58.